The number of nitrogens with one attached hydrogen (secondary N) is 1. The Morgan fingerprint density at radius 2 is 2.00 bits per heavy atom. The number of halogens is 1. The molecule has 0 fully saturated rings. The van der Waals surface area contributed by atoms with Crippen LogP contribution in [0.5, 0.6) is 0 Å². The van der Waals surface area contributed by atoms with Crippen molar-refractivity contribution < 1.29 is 19.0 Å². The van der Waals surface area contributed by atoms with E-state index in [-0.39, 0.29) is 12.4 Å². The minimum atomic E-state index is -1.05. The summed E-state index contributed by atoms with van der Waals surface area (Å²) in [5.74, 6) is -0.254. The number of hydrogen-bond donors (Lipinski definition) is 2. The molecule has 0 spiro atoms. The third-order valence-electron chi connectivity index (χ3n) is 1.97. The molecular weight excluding hydrogens is 213 g/mol. The van der Waals surface area contributed by atoms with Crippen molar-refractivity contribution in [1.29, 1.82) is 0 Å². The van der Waals surface area contributed by atoms with Gasteiger partial charge < -0.3 is 15.2 Å². The van der Waals surface area contributed by atoms with Crippen molar-refractivity contribution in [2.75, 3.05) is 19.8 Å². The molecule has 5 heteroatoms. The smallest absolute Gasteiger partial charge is 0.404 e. The second-order valence-electron chi connectivity index (χ2n) is 3.22. The van der Waals surface area contributed by atoms with Gasteiger partial charge in [-0.3, -0.25) is 0 Å². The van der Waals surface area contributed by atoms with Gasteiger partial charge >= 0.3 is 6.09 Å². The molecule has 0 aliphatic carbocycles. The zero-order valence-corrected chi connectivity index (χ0v) is 8.78. The summed E-state index contributed by atoms with van der Waals surface area (Å²) in [5, 5.41) is 10.5. The van der Waals surface area contributed by atoms with Gasteiger partial charge in [-0.15, -0.1) is 0 Å². The van der Waals surface area contributed by atoms with Crippen molar-refractivity contribution in [3.63, 3.8) is 0 Å². The highest BCUT2D eigenvalue weighted by Crippen LogP contribution is 2.03. The number of ether oxygens (including phenoxy) is 1. The average molecular weight is 227 g/mol. The van der Waals surface area contributed by atoms with Crippen LogP contribution in [0.25, 0.3) is 0 Å². The normalized spacial score (nSPS) is 10.1. The molecule has 4 nitrogen and oxygen atoms in total. The van der Waals surface area contributed by atoms with Crippen LogP contribution >= 0.6 is 0 Å². The fourth-order valence-electron chi connectivity index (χ4n) is 1.17. The Morgan fingerprint density at radius 1 is 1.31 bits per heavy atom. The summed E-state index contributed by atoms with van der Waals surface area (Å²) in [6.07, 6.45) is -0.366. The molecule has 0 saturated carbocycles. The lowest BCUT2D eigenvalue weighted by Crippen LogP contribution is -2.25. The minimum absolute atomic E-state index is 0.254. The molecule has 0 radical (unpaired) electrons. The molecule has 0 heterocycles. The lowest BCUT2D eigenvalue weighted by molar-refractivity contribution is 0.135. The van der Waals surface area contributed by atoms with Crippen LogP contribution in [-0.4, -0.2) is 31.0 Å². The molecule has 1 aromatic rings. The molecule has 0 aromatic heterocycles. The summed E-state index contributed by atoms with van der Waals surface area (Å²) in [6.45, 7) is 1.11. The zero-order valence-electron chi connectivity index (χ0n) is 8.78. The van der Waals surface area contributed by atoms with E-state index in [1.54, 1.807) is 12.1 Å². The first-order valence-electron chi connectivity index (χ1n) is 4.97. The Kier molecular flexibility index (Phi) is 5.28. The molecule has 0 atom stereocenters. The lowest BCUT2D eigenvalue weighted by Gasteiger charge is -2.04. The number of rotatable bonds is 6. The van der Waals surface area contributed by atoms with E-state index in [2.05, 4.69) is 5.32 Å². The summed E-state index contributed by atoms with van der Waals surface area (Å²) >= 11 is 0. The van der Waals surface area contributed by atoms with Crippen molar-refractivity contribution in [3.05, 3.63) is 35.6 Å². The van der Waals surface area contributed by atoms with E-state index in [1.165, 1.54) is 12.1 Å². The fraction of sp³-hybridized carbons (Fsp3) is 0.364. The molecule has 0 bridgehead atoms. The molecule has 16 heavy (non-hydrogen) atoms. The van der Waals surface area contributed by atoms with Crippen molar-refractivity contribution in [1.82, 2.24) is 5.32 Å². The van der Waals surface area contributed by atoms with Gasteiger partial charge in [0.2, 0.25) is 0 Å². The van der Waals surface area contributed by atoms with E-state index in [1.807, 2.05) is 0 Å². The van der Waals surface area contributed by atoms with Crippen LogP contribution in [-0.2, 0) is 11.2 Å². The van der Waals surface area contributed by atoms with E-state index in [4.69, 9.17) is 9.84 Å². The molecule has 88 valence electrons. The number of hydrogen-bond acceptors (Lipinski definition) is 2. The molecule has 0 aliphatic heterocycles. The zero-order chi connectivity index (χ0) is 11.8. The summed E-state index contributed by atoms with van der Waals surface area (Å²) < 4.78 is 17.8. The van der Waals surface area contributed by atoms with E-state index in [0.29, 0.717) is 19.6 Å². The van der Waals surface area contributed by atoms with Gasteiger partial charge in [-0.2, -0.15) is 0 Å². The van der Waals surface area contributed by atoms with E-state index in [9.17, 15) is 9.18 Å². The van der Waals surface area contributed by atoms with Crippen LogP contribution in [0.15, 0.2) is 24.3 Å². The van der Waals surface area contributed by atoms with Crippen molar-refractivity contribution in [2.45, 2.75) is 6.42 Å². The van der Waals surface area contributed by atoms with Gasteiger partial charge in [0.25, 0.3) is 0 Å². The highest BCUT2D eigenvalue weighted by molar-refractivity contribution is 5.64. The molecule has 0 unspecified atom stereocenters. The quantitative estimate of drug-likeness (QED) is 0.726. The Hall–Kier alpha value is -1.62. The maximum Gasteiger partial charge on any atom is 0.404 e. The number of amides is 1. The van der Waals surface area contributed by atoms with Crippen molar-refractivity contribution in [2.24, 2.45) is 0 Å². The van der Waals surface area contributed by atoms with Crippen LogP contribution in [0.2, 0.25) is 0 Å². The van der Waals surface area contributed by atoms with Crippen LogP contribution in [0, 0.1) is 5.82 Å². The van der Waals surface area contributed by atoms with Gasteiger partial charge in [0, 0.05) is 6.54 Å². The predicted molar refractivity (Wildman–Crippen MR) is 57.0 cm³/mol. The maximum atomic E-state index is 12.6. The SMILES string of the molecule is O=C(O)NCCOCCc1ccc(F)cc1. The highest BCUT2D eigenvalue weighted by Gasteiger charge is 1.96. The molecule has 0 saturated heterocycles. The second-order valence-corrected chi connectivity index (χ2v) is 3.22. The lowest BCUT2D eigenvalue weighted by atomic mass is 10.2. The first-order chi connectivity index (χ1) is 7.68. The number of carbonyl (C=O) groups is 1. The molecular formula is C11H14FNO3. The number of carboxylic acid groups (broad SMARTS) is 1. The van der Waals surface area contributed by atoms with Gasteiger partial charge in [0.1, 0.15) is 5.82 Å². The first-order valence-corrected chi connectivity index (χ1v) is 4.97. The van der Waals surface area contributed by atoms with E-state index < -0.39 is 6.09 Å². The molecule has 2 N–H and O–H groups in total. The standard InChI is InChI=1S/C11H14FNO3/c12-10-3-1-9(2-4-10)5-7-16-8-6-13-11(14)15/h1-4,13H,5-8H2,(H,14,15). The summed E-state index contributed by atoms with van der Waals surface area (Å²) in [7, 11) is 0. The highest BCUT2D eigenvalue weighted by atomic mass is 19.1. The van der Waals surface area contributed by atoms with Gasteiger partial charge in [-0.1, -0.05) is 12.1 Å². The van der Waals surface area contributed by atoms with Gasteiger partial charge in [-0.05, 0) is 24.1 Å². The van der Waals surface area contributed by atoms with Gasteiger partial charge in [-0.25, -0.2) is 9.18 Å². The largest absolute Gasteiger partial charge is 0.465 e. The molecule has 1 amide bonds. The second kappa shape index (κ2) is 6.79. The number of benzene rings is 1. The topological polar surface area (TPSA) is 58.6 Å². The Bertz CT molecular complexity index is 327. The summed E-state index contributed by atoms with van der Waals surface area (Å²) in [6, 6.07) is 6.21. The first kappa shape index (κ1) is 12.4. The molecule has 0 aliphatic rings. The van der Waals surface area contributed by atoms with Crippen molar-refractivity contribution >= 4 is 6.09 Å². The van der Waals surface area contributed by atoms with Crippen LogP contribution in [0.1, 0.15) is 5.56 Å². The third kappa shape index (κ3) is 5.31. The Labute approximate surface area is 93.0 Å². The minimum Gasteiger partial charge on any atom is -0.465 e. The summed E-state index contributed by atoms with van der Waals surface area (Å²) in [4.78, 5) is 10.1. The Balaban J connectivity index is 2.07. The predicted octanol–water partition coefficient (Wildman–Crippen LogP) is 1.65. The summed E-state index contributed by atoms with van der Waals surface area (Å²) in [5.41, 5.74) is 0.993. The van der Waals surface area contributed by atoms with E-state index >= 15 is 0 Å². The van der Waals surface area contributed by atoms with Crippen LogP contribution < -0.4 is 5.32 Å². The van der Waals surface area contributed by atoms with Crippen LogP contribution in [0.4, 0.5) is 9.18 Å². The average Bonchev–Trinajstić information content (AvgIpc) is 2.25. The molecule has 1 rings (SSSR count). The van der Waals surface area contributed by atoms with Gasteiger partial charge in [0.05, 0.1) is 13.2 Å². The maximum absolute atomic E-state index is 12.6. The fourth-order valence-corrected chi connectivity index (χ4v) is 1.17. The van der Waals surface area contributed by atoms with Crippen molar-refractivity contribution in [3.8, 4) is 0 Å². The Morgan fingerprint density at radius 3 is 2.62 bits per heavy atom. The van der Waals surface area contributed by atoms with Gasteiger partial charge in [0.15, 0.2) is 0 Å². The van der Waals surface area contributed by atoms with Crippen LogP contribution in [0.3, 0.4) is 0 Å². The van der Waals surface area contributed by atoms with E-state index in [0.717, 1.165) is 5.56 Å². The third-order valence-corrected chi connectivity index (χ3v) is 1.97. The molecule has 1 aromatic carbocycles. The monoisotopic (exact) mass is 227 g/mol.